The smallest absolute Gasteiger partial charge is 0.323 e. The van der Waals surface area contributed by atoms with Crippen LogP contribution in [-0.2, 0) is 18.8 Å². The normalized spacial score (nSPS) is 10.8. The van der Waals surface area contributed by atoms with Crippen molar-refractivity contribution in [1.82, 2.24) is 4.57 Å². The first kappa shape index (κ1) is 16.0. The Labute approximate surface area is 122 Å². The van der Waals surface area contributed by atoms with Gasteiger partial charge in [-0.15, -0.1) is 0 Å². The topological polar surface area (TPSA) is 18.0 Å². The minimum atomic E-state index is 0.928. The molecule has 0 aliphatic rings. The number of rotatable bonds is 3. The van der Waals surface area contributed by atoms with E-state index in [1.165, 1.54) is 5.56 Å². The van der Waals surface area contributed by atoms with E-state index in [4.69, 9.17) is 4.74 Å². The average Bonchev–Trinajstić information content (AvgIpc) is 2.78. The van der Waals surface area contributed by atoms with Crippen LogP contribution in [0, 0.1) is 6.92 Å². The Balaban J connectivity index is 0.000000240. The fourth-order valence-electron chi connectivity index (χ4n) is 1.92. The zero-order chi connectivity index (χ0) is 15.0. The van der Waals surface area contributed by atoms with Crippen LogP contribution in [0.2, 0.25) is 0 Å². The molecule has 3 nitrogen and oxygen atoms in total. The Bertz CT molecular complexity index is 522. The summed E-state index contributed by atoms with van der Waals surface area (Å²) in [6, 6.07) is 10.3. The van der Waals surface area contributed by atoms with E-state index in [9.17, 15) is 0 Å². The average molecular weight is 273 g/mol. The molecule has 0 radical (unpaired) electrons. The van der Waals surface area contributed by atoms with Crippen molar-refractivity contribution in [1.29, 1.82) is 0 Å². The fraction of sp³-hybridized carbons (Fsp3) is 0.353. The van der Waals surface area contributed by atoms with Gasteiger partial charge >= 0.3 is 5.82 Å². The highest BCUT2D eigenvalue weighted by Crippen LogP contribution is 2.10. The lowest BCUT2D eigenvalue weighted by Crippen LogP contribution is -2.31. The number of benzene rings is 1. The number of methoxy groups -OCH3 is 1. The predicted molar refractivity (Wildman–Crippen MR) is 83.0 cm³/mol. The first-order valence-electron chi connectivity index (χ1n) is 6.87. The van der Waals surface area contributed by atoms with Crippen LogP contribution in [0.4, 0.5) is 0 Å². The highest BCUT2D eigenvalue weighted by atomic mass is 16.5. The van der Waals surface area contributed by atoms with Crippen molar-refractivity contribution in [2.75, 3.05) is 7.11 Å². The van der Waals surface area contributed by atoms with Crippen LogP contribution in [0.25, 0.3) is 5.76 Å². The molecule has 0 aliphatic carbocycles. The fourth-order valence-corrected chi connectivity index (χ4v) is 1.92. The number of aryl methyl sites for hydroxylation is 3. The summed E-state index contributed by atoms with van der Waals surface area (Å²) in [7, 11) is 5.73. The van der Waals surface area contributed by atoms with E-state index < -0.39 is 0 Å². The number of aromatic nitrogens is 2. The zero-order valence-electron chi connectivity index (χ0n) is 13.1. The summed E-state index contributed by atoms with van der Waals surface area (Å²) in [5, 5.41) is 0. The molecule has 0 amide bonds. The number of nitrogens with zero attached hydrogens (tertiary/aromatic N) is 2. The molecule has 20 heavy (non-hydrogen) atoms. The molecule has 0 aliphatic heterocycles. The Hall–Kier alpha value is -2.03. The van der Waals surface area contributed by atoms with Crippen molar-refractivity contribution in [2.45, 2.75) is 20.3 Å². The van der Waals surface area contributed by atoms with E-state index in [0.29, 0.717) is 0 Å². The lowest BCUT2D eigenvalue weighted by atomic mass is 10.2. The molecule has 108 valence electrons. The standard InChI is InChI=1S/C10H17N2O.C7H8/c1-5-6-9(13-4)10-11(2)7-8-12(10)3;1-7-5-3-2-4-6-7/h6-8H,5H2,1-4H3;2-6H,1H3/q+1;/b9-6+;. The third-order valence-electron chi connectivity index (χ3n) is 2.95. The summed E-state index contributed by atoms with van der Waals surface area (Å²) in [4.78, 5) is 0. The Morgan fingerprint density at radius 2 is 1.95 bits per heavy atom. The second kappa shape index (κ2) is 8.20. The Morgan fingerprint density at radius 1 is 1.30 bits per heavy atom. The van der Waals surface area contributed by atoms with Gasteiger partial charge < -0.3 is 4.74 Å². The number of imidazole rings is 1. The van der Waals surface area contributed by atoms with Crippen molar-refractivity contribution >= 4 is 5.76 Å². The van der Waals surface area contributed by atoms with E-state index in [1.54, 1.807) is 7.11 Å². The summed E-state index contributed by atoms with van der Waals surface area (Å²) in [6.45, 7) is 4.18. The van der Waals surface area contributed by atoms with Gasteiger partial charge in [0.1, 0.15) is 12.4 Å². The quantitative estimate of drug-likeness (QED) is 0.620. The molecule has 0 spiro atoms. The molecular formula is C17H25N2O+. The molecule has 2 rings (SSSR count). The van der Waals surface area contributed by atoms with E-state index in [-0.39, 0.29) is 0 Å². The van der Waals surface area contributed by atoms with Gasteiger partial charge in [-0.05, 0) is 19.4 Å². The van der Waals surface area contributed by atoms with Gasteiger partial charge in [-0.1, -0.05) is 42.8 Å². The number of allylic oxidation sites excluding steroid dienone is 1. The third kappa shape index (κ3) is 4.57. The van der Waals surface area contributed by atoms with Gasteiger partial charge in [-0.3, -0.25) is 0 Å². The van der Waals surface area contributed by atoms with Crippen molar-refractivity contribution in [2.24, 2.45) is 14.1 Å². The van der Waals surface area contributed by atoms with Crippen LogP contribution in [0.1, 0.15) is 24.7 Å². The molecule has 3 heteroatoms. The van der Waals surface area contributed by atoms with Crippen molar-refractivity contribution in [3.63, 3.8) is 0 Å². The summed E-state index contributed by atoms with van der Waals surface area (Å²) in [5.41, 5.74) is 1.32. The molecule has 0 bridgehead atoms. The number of hydrogen-bond acceptors (Lipinski definition) is 1. The maximum atomic E-state index is 5.32. The molecule has 0 atom stereocenters. The minimum absolute atomic E-state index is 0.928. The lowest BCUT2D eigenvalue weighted by Gasteiger charge is -2.02. The molecule has 0 unspecified atom stereocenters. The SMILES string of the molecule is CC/C=C(/OC)c1n(C)cc[n+]1C.Cc1ccccc1. The first-order chi connectivity index (χ1) is 9.60. The van der Waals surface area contributed by atoms with Crippen molar-refractivity contribution in [3.8, 4) is 0 Å². The van der Waals surface area contributed by atoms with Gasteiger partial charge in [0.2, 0.25) is 5.76 Å². The van der Waals surface area contributed by atoms with E-state index in [1.807, 2.05) is 53.8 Å². The van der Waals surface area contributed by atoms with Crippen molar-refractivity contribution in [3.05, 3.63) is 60.2 Å². The predicted octanol–water partition coefficient (Wildman–Crippen LogP) is 3.24. The lowest BCUT2D eigenvalue weighted by molar-refractivity contribution is -0.674. The third-order valence-corrected chi connectivity index (χ3v) is 2.95. The molecule has 0 N–H and O–H groups in total. The molecule has 1 heterocycles. The largest absolute Gasteiger partial charge is 0.489 e. The summed E-state index contributed by atoms with van der Waals surface area (Å²) in [6.07, 6.45) is 7.08. The van der Waals surface area contributed by atoms with Gasteiger partial charge in [0, 0.05) is 0 Å². The second-order valence-corrected chi connectivity index (χ2v) is 4.68. The molecule has 0 fully saturated rings. The van der Waals surface area contributed by atoms with Gasteiger partial charge in [0.05, 0.1) is 21.2 Å². The van der Waals surface area contributed by atoms with E-state index in [0.717, 1.165) is 18.0 Å². The molecule has 1 aromatic heterocycles. The van der Waals surface area contributed by atoms with Gasteiger partial charge in [0.15, 0.2) is 0 Å². The highest BCUT2D eigenvalue weighted by molar-refractivity contribution is 5.50. The number of ether oxygens (including phenoxy) is 1. The molecule has 2 aromatic rings. The maximum Gasteiger partial charge on any atom is 0.323 e. The van der Waals surface area contributed by atoms with Gasteiger partial charge in [-0.2, -0.15) is 0 Å². The van der Waals surface area contributed by atoms with Crippen LogP contribution in [0.5, 0.6) is 0 Å². The molecule has 0 saturated carbocycles. The summed E-state index contributed by atoms with van der Waals surface area (Å²) >= 11 is 0. The minimum Gasteiger partial charge on any atom is -0.489 e. The zero-order valence-corrected chi connectivity index (χ0v) is 13.1. The van der Waals surface area contributed by atoms with Crippen LogP contribution < -0.4 is 4.57 Å². The van der Waals surface area contributed by atoms with E-state index in [2.05, 4.69) is 32.1 Å². The summed E-state index contributed by atoms with van der Waals surface area (Å²) in [5.74, 6) is 2.02. The van der Waals surface area contributed by atoms with Crippen LogP contribution in [0.15, 0.2) is 48.8 Å². The van der Waals surface area contributed by atoms with Crippen molar-refractivity contribution < 1.29 is 9.30 Å². The number of hydrogen-bond donors (Lipinski definition) is 0. The molecular weight excluding hydrogens is 248 g/mol. The monoisotopic (exact) mass is 273 g/mol. The maximum absolute atomic E-state index is 5.32. The summed E-state index contributed by atoms with van der Waals surface area (Å²) < 4.78 is 9.41. The van der Waals surface area contributed by atoms with Crippen LogP contribution in [0.3, 0.4) is 0 Å². The second-order valence-electron chi connectivity index (χ2n) is 4.68. The molecule has 1 aromatic carbocycles. The van der Waals surface area contributed by atoms with Gasteiger partial charge in [-0.25, -0.2) is 9.13 Å². The van der Waals surface area contributed by atoms with Gasteiger partial charge in [0.25, 0.3) is 0 Å². The first-order valence-corrected chi connectivity index (χ1v) is 6.87. The highest BCUT2D eigenvalue weighted by Gasteiger charge is 2.16. The molecule has 0 saturated heterocycles. The van der Waals surface area contributed by atoms with Crippen LogP contribution in [-0.4, -0.2) is 11.7 Å². The Kier molecular flexibility index (Phi) is 6.57. The Morgan fingerprint density at radius 3 is 2.30 bits per heavy atom. The van der Waals surface area contributed by atoms with E-state index >= 15 is 0 Å². The van der Waals surface area contributed by atoms with Crippen LogP contribution >= 0.6 is 0 Å².